The van der Waals surface area contributed by atoms with Crippen molar-refractivity contribution >= 4 is 34.8 Å². The van der Waals surface area contributed by atoms with E-state index in [2.05, 4.69) is 4.98 Å². The monoisotopic (exact) mass is 298 g/mol. The molecule has 0 saturated heterocycles. The van der Waals surface area contributed by atoms with Crippen LogP contribution in [0, 0.1) is 11.3 Å². The normalized spacial score (nSPS) is 9.89. The quantitative estimate of drug-likeness (QED) is 0.807. The SMILES string of the molecule is N#Cc1ccnc(Oc2ccc(Cl)c(Cl)c2)c1Cl. The molecule has 0 fully saturated rings. The highest BCUT2D eigenvalue weighted by Crippen LogP contribution is 2.32. The third-order valence-electron chi connectivity index (χ3n) is 2.08. The van der Waals surface area contributed by atoms with Crippen LogP contribution in [0.1, 0.15) is 5.56 Å². The maximum absolute atomic E-state index is 8.83. The summed E-state index contributed by atoms with van der Waals surface area (Å²) in [6.07, 6.45) is 1.44. The number of rotatable bonds is 2. The van der Waals surface area contributed by atoms with Crippen molar-refractivity contribution in [3.05, 3.63) is 51.1 Å². The van der Waals surface area contributed by atoms with Crippen LogP contribution in [0.15, 0.2) is 30.5 Å². The molecule has 6 heteroatoms. The minimum Gasteiger partial charge on any atom is -0.437 e. The number of nitriles is 1. The zero-order valence-corrected chi connectivity index (χ0v) is 11.1. The van der Waals surface area contributed by atoms with Gasteiger partial charge < -0.3 is 4.74 Å². The van der Waals surface area contributed by atoms with E-state index in [1.165, 1.54) is 12.3 Å². The summed E-state index contributed by atoms with van der Waals surface area (Å²) in [6, 6.07) is 8.22. The Hall–Kier alpha value is -1.47. The van der Waals surface area contributed by atoms with Crippen molar-refractivity contribution in [2.75, 3.05) is 0 Å². The molecule has 0 saturated carbocycles. The van der Waals surface area contributed by atoms with Crippen molar-refractivity contribution in [3.8, 4) is 17.7 Å². The van der Waals surface area contributed by atoms with E-state index in [1.54, 1.807) is 18.2 Å². The molecule has 0 radical (unpaired) electrons. The van der Waals surface area contributed by atoms with Crippen LogP contribution in [-0.2, 0) is 0 Å². The molecular formula is C12H5Cl3N2O. The van der Waals surface area contributed by atoms with E-state index in [4.69, 9.17) is 44.8 Å². The summed E-state index contributed by atoms with van der Waals surface area (Å²) in [5, 5.41) is 9.78. The lowest BCUT2D eigenvalue weighted by molar-refractivity contribution is 0.463. The van der Waals surface area contributed by atoms with Gasteiger partial charge >= 0.3 is 0 Å². The molecular weight excluding hydrogens is 295 g/mol. The molecule has 90 valence electrons. The van der Waals surface area contributed by atoms with E-state index in [1.807, 2.05) is 6.07 Å². The Balaban J connectivity index is 2.35. The van der Waals surface area contributed by atoms with Gasteiger partial charge in [0.15, 0.2) is 0 Å². The Bertz CT molecular complexity index is 638. The predicted molar refractivity (Wildman–Crippen MR) is 70.5 cm³/mol. The lowest BCUT2D eigenvalue weighted by Gasteiger charge is -2.07. The molecule has 18 heavy (non-hydrogen) atoms. The number of halogens is 3. The fraction of sp³-hybridized carbons (Fsp3) is 0. The smallest absolute Gasteiger partial charge is 0.239 e. The molecule has 2 rings (SSSR count). The second-order valence-electron chi connectivity index (χ2n) is 3.27. The Morgan fingerprint density at radius 1 is 1.11 bits per heavy atom. The number of hydrogen-bond acceptors (Lipinski definition) is 3. The number of aromatic nitrogens is 1. The van der Waals surface area contributed by atoms with E-state index in [0.29, 0.717) is 21.4 Å². The fourth-order valence-electron chi connectivity index (χ4n) is 1.23. The Morgan fingerprint density at radius 3 is 2.56 bits per heavy atom. The van der Waals surface area contributed by atoms with Crippen LogP contribution < -0.4 is 4.74 Å². The van der Waals surface area contributed by atoms with Crippen molar-refractivity contribution in [3.63, 3.8) is 0 Å². The van der Waals surface area contributed by atoms with Crippen molar-refractivity contribution < 1.29 is 4.74 Å². The standard InChI is InChI=1S/C12H5Cl3N2O/c13-9-2-1-8(5-10(9)14)18-12-11(15)7(6-16)3-4-17-12/h1-5H. The van der Waals surface area contributed by atoms with Gasteiger partial charge in [-0.2, -0.15) is 5.26 Å². The first-order valence-electron chi connectivity index (χ1n) is 4.79. The van der Waals surface area contributed by atoms with Gasteiger partial charge in [-0.25, -0.2) is 4.98 Å². The van der Waals surface area contributed by atoms with Crippen LogP contribution in [0.5, 0.6) is 11.6 Å². The lowest BCUT2D eigenvalue weighted by Crippen LogP contribution is -1.91. The van der Waals surface area contributed by atoms with Crippen LogP contribution in [0.4, 0.5) is 0 Å². The van der Waals surface area contributed by atoms with Crippen molar-refractivity contribution in [2.45, 2.75) is 0 Å². The zero-order chi connectivity index (χ0) is 13.1. The first-order valence-corrected chi connectivity index (χ1v) is 5.92. The molecule has 1 aromatic carbocycles. The average Bonchev–Trinajstić information content (AvgIpc) is 2.36. The summed E-state index contributed by atoms with van der Waals surface area (Å²) in [6.45, 7) is 0. The first kappa shape index (κ1) is 13.0. The van der Waals surface area contributed by atoms with Gasteiger partial charge in [0, 0.05) is 12.3 Å². The third kappa shape index (κ3) is 2.68. The summed E-state index contributed by atoms with van der Waals surface area (Å²) in [4.78, 5) is 3.95. The van der Waals surface area contributed by atoms with Crippen molar-refractivity contribution in [1.82, 2.24) is 4.98 Å². The van der Waals surface area contributed by atoms with Gasteiger partial charge in [-0.15, -0.1) is 0 Å². The minimum absolute atomic E-state index is 0.147. The molecule has 0 atom stereocenters. The van der Waals surface area contributed by atoms with Crippen LogP contribution in [0.3, 0.4) is 0 Å². The summed E-state index contributed by atoms with van der Waals surface area (Å²) in [5.74, 6) is 0.586. The maximum Gasteiger partial charge on any atom is 0.239 e. The van der Waals surface area contributed by atoms with Gasteiger partial charge in [-0.05, 0) is 18.2 Å². The maximum atomic E-state index is 8.83. The molecule has 0 aliphatic rings. The Kier molecular flexibility index (Phi) is 3.93. The number of hydrogen-bond donors (Lipinski definition) is 0. The summed E-state index contributed by atoms with van der Waals surface area (Å²) in [5.41, 5.74) is 0.293. The topological polar surface area (TPSA) is 45.9 Å². The highest BCUT2D eigenvalue weighted by atomic mass is 35.5. The van der Waals surface area contributed by atoms with E-state index in [-0.39, 0.29) is 10.9 Å². The lowest BCUT2D eigenvalue weighted by atomic mass is 10.3. The third-order valence-corrected chi connectivity index (χ3v) is 3.19. The van der Waals surface area contributed by atoms with Crippen LogP contribution >= 0.6 is 34.8 Å². The minimum atomic E-state index is 0.147. The molecule has 0 N–H and O–H groups in total. The summed E-state index contributed by atoms with van der Waals surface area (Å²) in [7, 11) is 0. The second-order valence-corrected chi connectivity index (χ2v) is 4.46. The average molecular weight is 300 g/mol. The molecule has 0 spiro atoms. The van der Waals surface area contributed by atoms with E-state index >= 15 is 0 Å². The molecule has 0 unspecified atom stereocenters. The molecule has 0 amide bonds. The van der Waals surface area contributed by atoms with Gasteiger partial charge in [-0.3, -0.25) is 0 Å². The van der Waals surface area contributed by atoms with Gasteiger partial charge in [0.1, 0.15) is 16.8 Å². The fourth-order valence-corrected chi connectivity index (χ4v) is 1.71. The van der Waals surface area contributed by atoms with E-state index in [0.717, 1.165) is 0 Å². The summed E-state index contributed by atoms with van der Waals surface area (Å²) < 4.78 is 5.45. The van der Waals surface area contributed by atoms with Gasteiger partial charge in [-0.1, -0.05) is 34.8 Å². The zero-order valence-electron chi connectivity index (χ0n) is 8.82. The van der Waals surface area contributed by atoms with Crippen molar-refractivity contribution in [1.29, 1.82) is 5.26 Å². The molecule has 0 aliphatic carbocycles. The number of pyridine rings is 1. The van der Waals surface area contributed by atoms with Crippen LogP contribution in [0.2, 0.25) is 15.1 Å². The molecule has 0 aliphatic heterocycles. The van der Waals surface area contributed by atoms with E-state index < -0.39 is 0 Å². The number of nitrogens with zero attached hydrogens (tertiary/aromatic N) is 2. The number of benzene rings is 1. The highest BCUT2D eigenvalue weighted by molar-refractivity contribution is 6.42. The van der Waals surface area contributed by atoms with Gasteiger partial charge in [0.05, 0.1) is 15.6 Å². The highest BCUT2D eigenvalue weighted by Gasteiger charge is 2.10. The van der Waals surface area contributed by atoms with E-state index in [9.17, 15) is 0 Å². The number of ether oxygens (including phenoxy) is 1. The van der Waals surface area contributed by atoms with Gasteiger partial charge in [0.25, 0.3) is 0 Å². The Morgan fingerprint density at radius 2 is 1.89 bits per heavy atom. The van der Waals surface area contributed by atoms with Crippen molar-refractivity contribution in [2.24, 2.45) is 0 Å². The molecule has 3 nitrogen and oxygen atoms in total. The molecule has 0 bridgehead atoms. The second kappa shape index (κ2) is 5.45. The molecule has 1 heterocycles. The first-order chi connectivity index (χ1) is 8.61. The van der Waals surface area contributed by atoms with Crippen LogP contribution in [-0.4, -0.2) is 4.98 Å². The largest absolute Gasteiger partial charge is 0.437 e. The Labute approximate surface area is 118 Å². The van der Waals surface area contributed by atoms with Gasteiger partial charge in [0.2, 0.25) is 5.88 Å². The molecule has 1 aromatic heterocycles. The summed E-state index contributed by atoms with van der Waals surface area (Å²) >= 11 is 17.6. The predicted octanol–water partition coefficient (Wildman–Crippen LogP) is 4.71. The van der Waals surface area contributed by atoms with Crippen LogP contribution in [0.25, 0.3) is 0 Å². The molecule has 2 aromatic rings.